The summed E-state index contributed by atoms with van der Waals surface area (Å²) in [5.74, 6) is 7.09. The second kappa shape index (κ2) is 9.15. The first kappa shape index (κ1) is 29.3. The summed E-state index contributed by atoms with van der Waals surface area (Å²) in [5.41, 5.74) is 5.95. The Kier molecular flexibility index (Phi) is 6.87. The molecule has 0 spiro atoms. The SMILES string of the molecule is CC(=O)C1=C(C)C[C@@]2(C)C[C@@]3(C)Cc4c(C#CCC(C)C)cc(C(C)(C)C)c(C)c4C(=O)C3=C(C)[C@@]2(C)C1=O. The number of carbonyl (C=O) groups excluding carboxylic acids is 3. The lowest BCUT2D eigenvalue weighted by Gasteiger charge is -2.59. The summed E-state index contributed by atoms with van der Waals surface area (Å²) >= 11 is 0. The molecule has 3 atom stereocenters. The predicted octanol–water partition coefficient (Wildman–Crippen LogP) is 8.05. The second-order valence-corrected chi connectivity index (χ2v) is 14.7. The lowest BCUT2D eigenvalue weighted by Crippen LogP contribution is -2.57. The number of Topliss-reactive ketones (excluding diaryl/α,β-unsaturated/α-hetero) is 3. The minimum atomic E-state index is -0.898. The molecule has 0 amide bonds. The van der Waals surface area contributed by atoms with E-state index in [0.29, 0.717) is 24.3 Å². The van der Waals surface area contributed by atoms with Gasteiger partial charge in [-0.2, -0.15) is 0 Å². The molecule has 0 N–H and O–H groups in total. The molecule has 0 radical (unpaired) electrons. The fraction of sp³-hybridized carbons (Fsp3) is 0.583. The summed E-state index contributed by atoms with van der Waals surface area (Å²) in [7, 11) is 0. The van der Waals surface area contributed by atoms with Crippen LogP contribution in [0.25, 0.3) is 0 Å². The molecule has 1 aromatic carbocycles. The first-order chi connectivity index (χ1) is 17.8. The van der Waals surface area contributed by atoms with Gasteiger partial charge in [0.1, 0.15) is 0 Å². The number of hydrogen-bond acceptors (Lipinski definition) is 3. The molecule has 1 aromatic rings. The van der Waals surface area contributed by atoms with Crippen LogP contribution in [0.5, 0.6) is 0 Å². The molecule has 208 valence electrons. The third-order valence-electron chi connectivity index (χ3n) is 10.1. The third kappa shape index (κ3) is 4.21. The van der Waals surface area contributed by atoms with Gasteiger partial charge in [0.15, 0.2) is 17.3 Å². The molecule has 3 aliphatic rings. The zero-order chi connectivity index (χ0) is 29.5. The van der Waals surface area contributed by atoms with Gasteiger partial charge in [0.25, 0.3) is 0 Å². The van der Waals surface area contributed by atoms with Gasteiger partial charge in [-0.3, -0.25) is 14.4 Å². The number of allylic oxidation sites excluding steroid dienone is 4. The molecule has 0 heterocycles. The van der Waals surface area contributed by atoms with Gasteiger partial charge in [0.2, 0.25) is 0 Å². The Bertz CT molecular complexity index is 1440. The average molecular weight is 527 g/mol. The van der Waals surface area contributed by atoms with E-state index in [1.165, 1.54) is 6.92 Å². The minimum Gasteiger partial charge on any atom is -0.294 e. The summed E-state index contributed by atoms with van der Waals surface area (Å²) in [5, 5.41) is 0. The minimum absolute atomic E-state index is 0.0403. The van der Waals surface area contributed by atoms with Gasteiger partial charge in [0.05, 0.1) is 11.0 Å². The number of fused-ring (bicyclic) bond motifs is 3. The molecule has 0 aliphatic heterocycles. The molecule has 0 fully saturated rings. The third-order valence-corrected chi connectivity index (χ3v) is 10.1. The summed E-state index contributed by atoms with van der Waals surface area (Å²) in [4.78, 5) is 41.4. The summed E-state index contributed by atoms with van der Waals surface area (Å²) in [6.45, 7) is 24.7. The molecule has 0 unspecified atom stereocenters. The van der Waals surface area contributed by atoms with Gasteiger partial charge in [-0.1, -0.05) is 71.5 Å². The van der Waals surface area contributed by atoms with Crippen molar-refractivity contribution in [3.8, 4) is 11.8 Å². The predicted molar refractivity (Wildman–Crippen MR) is 159 cm³/mol. The maximum absolute atomic E-state index is 14.7. The highest BCUT2D eigenvalue weighted by Gasteiger charge is 2.63. The van der Waals surface area contributed by atoms with Crippen molar-refractivity contribution in [2.75, 3.05) is 0 Å². The van der Waals surface area contributed by atoms with Crippen LogP contribution >= 0.6 is 0 Å². The Morgan fingerprint density at radius 1 is 1.05 bits per heavy atom. The van der Waals surface area contributed by atoms with Gasteiger partial charge < -0.3 is 0 Å². The highest BCUT2D eigenvalue weighted by molar-refractivity contribution is 6.24. The topological polar surface area (TPSA) is 51.2 Å². The Hall–Kier alpha value is -2.73. The van der Waals surface area contributed by atoms with E-state index >= 15 is 0 Å². The lowest BCUT2D eigenvalue weighted by atomic mass is 9.42. The Morgan fingerprint density at radius 3 is 2.21 bits per heavy atom. The first-order valence-corrected chi connectivity index (χ1v) is 14.5. The molecule has 0 bridgehead atoms. The number of carbonyl (C=O) groups is 3. The van der Waals surface area contributed by atoms with Crippen LogP contribution in [0.4, 0.5) is 0 Å². The molecule has 0 saturated carbocycles. The van der Waals surface area contributed by atoms with Crippen molar-refractivity contribution in [3.63, 3.8) is 0 Å². The van der Waals surface area contributed by atoms with Crippen LogP contribution in [0.15, 0.2) is 28.4 Å². The van der Waals surface area contributed by atoms with Crippen LogP contribution in [0.3, 0.4) is 0 Å². The Labute approximate surface area is 235 Å². The molecular formula is C36H46O3. The normalized spacial score (nSPS) is 28.6. The zero-order valence-electron chi connectivity index (χ0n) is 26.2. The maximum atomic E-state index is 14.7. The molecule has 3 aliphatic carbocycles. The van der Waals surface area contributed by atoms with Gasteiger partial charge >= 0.3 is 0 Å². The molecule has 0 saturated heterocycles. The van der Waals surface area contributed by atoms with Crippen LogP contribution in [0.1, 0.15) is 128 Å². The smallest absolute Gasteiger partial charge is 0.190 e. The van der Waals surface area contributed by atoms with E-state index in [-0.39, 0.29) is 22.8 Å². The van der Waals surface area contributed by atoms with Crippen molar-refractivity contribution >= 4 is 17.3 Å². The van der Waals surface area contributed by atoms with E-state index in [0.717, 1.165) is 57.4 Å². The van der Waals surface area contributed by atoms with E-state index in [2.05, 4.69) is 73.3 Å². The van der Waals surface area contributed by atoms with Crippen molar-refractivity contribution in [2.24, 2.45) is 22.2 Å². The Morgan fingerprint density at radius 2 is 1.67 bits per heavy atom. The van der Waals surface area contributed by atoms with E-state index < -0.39 is 16.2 Å². The Balaban J connectivity index is 2.04. The van der Waals surface area contributed by atoms with Crippen molar-refractivity contribution in [1.29, 1.82) is 0 Å². The van der Waals surface area contributed by atoms with Crippen LogP contribution in [0.2, 0.25) is 0 Å². The average Bonchev–Trinajstić information content (AvgIpc) is 2.76. The lowest BCUT2D eigenvalue weighted by molar-refractivity contribution is -0.134. The van der Waals surface area contributed by atoms with Crippen molar-refractivity contribution in [3.05, 3.63) is 56.2 Å². The first-order valence-electron chi connectivity index (χ1n) is 14.5. The van der Waals surface area contributed by atoms with E-state index in [4.69, 9.17) is 0 Å². The van der Waals surface area contributed by atoms with E-state index in [1.807, 2.05) is 20.8 Å². The highest BCUT2D eigenvalue weighted by atomic mass is 16.2. The molecule has 3 nitrogen and oxygen atoms in total. The molecular weight excluding hydrogens is 480 g/mol. The van der Waals surface area contributed by atoms with Crippen LogP contribution in [-0.2, 0) is 21.4 Å². The van der Waals surface area contributed by atoms with Crippen LogP contribution in [-0.4, -0.2) is 17.3 Å². The molecule has 0 aromatic heterocycles. The monoisotopic (exact) mass is 526 g/mol. The van der Waals surface area contributed by atoms with Gasteiger partial charge in [-0.05, 0) is 93.4 Å². The number of rotatable bonds is 2. The quantitative estimate of drug-likeness (QED) is 0.289. The van der Waals surface area contributed by atoms with Crippen molar-refractivity contribution < 1.29 is 14.4 Å². The maximum Gasteiger partial charge on any atom is 0.190 e. The number of ketones is 3. The summed E-state index contributed by atoms with van der Waals surface area (Å²) < 4.78 is 0. The summed E-state index contributed by atoms with van der Waals surface area (Å²) in [6, 6.07) is 2.23. The zero-order valence-corrected chi connectivity index (χ0v) is 26.2. The molecule has 39 heavy (non-hydrogen) atoms. The van der Waals surface area contributed by atoms with E-state index in [9.17, 15) is 14.4 Å². The fourth-order valence-corrected chi connectivity index (χ4v) is 8.22. The van der Waals surface area contributed by atoms with Gasteiger partial charge in [0, 0.05) is 28.5 Å². The largest absolute Gasteiger partial charge is 0.294 e. The van der Waals surface area contributed by atoms with Crippen LogP contribution in [0, 0.1) is 40.9 Å². The molecule has 4 rings (SSSR count). The number of hydrogen-bond donors (Lipinski definition) is 0. The summed E-state index contributed by atoms with van der Waals surface area (Å²) in [6.07, 6.45) is 2.92. The fourth-order valence-electron chi connectivity index (χ4n) is 8.22. The van der Waals surface area contributed by atoms with Crippen molar-refractivity contribution in [1.82, 2.24) is 0 Å². The van der Waals surface area contributed by atoms with Gasteiger partial charge in [-0.15, -0.1) is 0 Å². The number of benzene rings is 1. The van der Waals surface area contributed by atoms with E-state index in [1.54, 1.807) is 0 Å². The van der Waals surface area contributed by atoms with Crippen molar-refractivity contribution in [2.45, 2.75) is 114 Å². The second-order valence-electron chi connectivity index (χ2n) is 14.7. The highest BCUT2D eigenvalue weighted by Crippen LogP contribution is 2.66. The standard InChI is InChI=1S/C36H46O3/c1-20(2)14-13-15-25-16-27(33(7,8)9)22(4)29-26(25)18-34(10)19-35(11)17-21(3)28(24(6)37)32(39)36(35,12)23(5)30(34)31(29)38/h16,20H,14,17-19H2,1-12H3/t34-,35+,36+/m1/s1. The molecule has 3 heteroatoms. The van der Waals surface area contributed by atoms with Crippen LogP contribution < -0.4 is 0 Å². The van der Waals surface area contributed by atoms with Gasteiger partial charge in [-0.25, -0.2) is 0 Å².